The minimum Gasteiger partial charge on any atom is -0.496 e. The Hall–Kier alpha value is -3.72. The second-order valence-electron chi connectivity index (χ2n) is 8.66. The number of amides is 1. The standard InChI is InChI=1S/C27H28N2O6S/c1-3-28(17-20-18-34-25-10-6-7-11-26(25)35-20)27(30)22-16-21(12-13-24(22)33-2)36(31,32)29-15-14-19-8-4-5-9-23(19)29/h4-13,16,20H,3,14-15,17-18H2,1-2H3/t20-/m0/s1. The predicted octanol–water partition coefficient (Wildman–Crippen LogP) is 3.75. The number of benzene rings is 3. The summed E-state index contributed by atoms with van der Waals surface area (Å²) in [6.07, 6.45) is 0.288. The van der Waals surface area contributed by atoms with E-state index in [2.05, 4.69) is 0 Å². The van der Waals surface area contributed by atoms with E-state index in [9.17, 15) is 13.2 Å². The first-order valence-corrected chi connectivity index (χ1v) is 13.3. The third-order valence-electron chi connectivity index (χ3n) is 6.49. The van der Waals surface area contributed by atoms with E-state index < -0.39 is 10.0 Å². The first-order chi connectivity index (χ1) is 17.4. The van der Waals surface area contributed by atoms with Crippen molar-refractivity contribution in [1.29, 1.82) is 0 Å². The zero-order valence-corrected chi connectivity index (χ0v) is 21.0. The molecule has 3 aromatic rings. The molecule has 8 nitrogen and oxygen atoms in total. The highest BCUT2D eigenvalue weighted by atomic mass is 32.2. The van der Waals surface area contributed by atoms with E-state index in [4.69, 9.17) is 14.2 Å². The third kappa shape index (κ3) is 4.35. The summed E-state index contributed by atoms with van der Waals surface area (Å²) in [6.45, 7) is 3.21. The number of carbonyl (C=O) groups excluding carboxylic acids is 1. The van der Waals surface area contributed by atoms with Crippen LogP contribution in [0.2, 0.25) is 0 Å². The lowest BCUT2D eigenvalue weighted by Gasteiger charge is -2.31. The number of carbonyl (C=O) groups is 1. The molecule has 0 spiro atoms. The number of fused-ring (bicyclic) bond motifs is 2. The van der Waals surface area contributed by atoms with Crippen LogP contribution in [-0.4, -0.2) is 58.7 Å². The van der Waals surface area contributed by atoms with Crippen LogP contribution in [0.1, 0.15) is 22.8 Å². The minimum atomic E-state index is -3.86. The molecule has 0 bridgehead atoms. The Labute approximate surface area is 211 Å². The number of para-hydroxylation sites is 3. The number of nitrogens with zero attached hydrogens (tertiary/aromatic N) is 2. The Morgan fingerprint density at radius 3 is 2.61 bits per heavy atom. The lowest BCUT2D eigenvalue weighted by Crippen LogP contribution is -2.43. The van der Waals surface area contributed by atoms with Gasteiger partial charge >= 0.3 is 0 Å². The molecule has 2 heterocycles. The summed E-state index contributed by atoms with van der Waals surface area (Å²) in [6, 6.07) is 19.3. The number of likely N-dealkylation sites (N-methyl/N-ethyl adjacent to an activating group) is 1. The summed E-state index contributed by atoms with van der Waals surface area (Å²) >= 11 is 0. The monoisotopic (exact) mass is 508 g/mol. The number of anilines is 1. The van der Waals surface area contributed by atoms with E-state index in [1.54, 1.807) is 11.0 Å². The Morgan fingerprint density at radius 2 is 1.83 bits per heavy atom. The number of rotatable bonds is 7. The molecule has 188 valence electrons. The molecule has 1 atom stereocenters. The van der Waals surface area contributed by atoms with Gasteiger partial charge in [0.05, 0.1) is 29.8 Å². The van der Waals surface area contributed by atoms with Crippen molar-refractivity contribution < 1.29 is 27.4 Å². The molecule has 9 heteroatoms. The summed E-state index contributed by atoms with van der Waals surface area (Å²) in [5.74, 6) is 1.28. The van der Waals surface area contributed by atoms with E-state index in [1.807, 2.05) is 49.4 Å². The minimum absolute atomic E-state index is 0.0468. The van der Waals surface area contributed by atoms with E-state index in [0.29, 0.717) is 49.1 Å². The maximum Gasteiger partial charge on any atom is 0.264 e. The van der Waals surface area contributed by atoms with Crippen LogP contribution in [0, 0.1) is 0 Å². The molecule has 0 aliphatic carbocycles. The zero-order valence-electron chi connectivity index (χ0n) is 20.2. The van der Waals surface area contributed by atoms with E-state index >= 15 is 0 Å². The van der Waals surface area contributed by atoms with Gasteiger partial charge in [-0.05, 0) is 55.3 Å². The Morgan fingerprint density at radius 1 is 1.08 bits per heavy atom. The van der Waals surface area contributed by atoms with Crippen LogP contribution in [0.4, 0.5) is 5.69 Å². The van der Waals surface area contributed by atoms with Gasteiger partial charge in [0, 0.05) is 13.1 Å². The van der Waals surface area contributed by atoms with Gasteiger partial charge in [-0.2, -0.15) is 0 Å². The fourth-order valence-corrected chi connectivity index (χ4v) is 6.15. The molecular formula is C27H28N2O6S. The molecule has 0 fully saturated rings. The molecule has 2 aliphatic heterocycles. The van der Waals surface area contributed by atoms with Crippen molar-refractivity contribution in [2.75, 3.05) is 37.7 Å². The fraction of sp³-hybridized carbons (Fsp3) is 0.296. The molecule has 0 aromatic heterocycles. The van der Waals surface area contributed by atoms with Crippen LogP contribution in [0.25, 0.3) is 0 Å². The molecule has 0 N–H and O–H groups in total. The molecule has 0 unspecified atom stereocenters. The average molecular weight is 509 g/mol. The van der Waals surface area contributed by atoms with Crippen LogP contribution < -0.4 is 18.5 Å². The van der Waals surface area contributed by atoms with Crippen molar-refractivity contribution in [1.82, 2.24) is 4.90 Å². The van der Waals surface area contributed by atoms with Crippen molar-refractivity contribution in [3.63, 3.8) is 0 Å². The number of hydrogen-bond acceptors (Lipinski definition) is 6. The number of methoxy groups -OCH3 is 1. The van der Waals surface area contributed by atoms with Crippen molar-refractivity contribution >= 4 is 21.6 Å². The van der Waals surface area contributed by atoms with Gasteiger partial charge < -0.3 is 19.1 Å². The van der Waals surface area contributed by atoms with Crippen molar-refractivity contribution in [2.45, 2.75) is 24.3 Å². The van der Waals surface area contributed by atoms with Gasteiger partial charge in [-0.3, -0.25) is 9.10 Å². The average Bonchev–Trinajstić information content (AvgIpc) is 3.36. The fourth-order valence-electron chi connectivity index (χ4n) is 4.62. The van der Waals surface area contributed by atoms with Crippen molar-refractivity contribution in [2.24, 2.45) is 0 Å². The van der Waals surface area contributed by atoms with Crippen LogP contribution in [-0.2, 0) is 16.4 Å². The zero-order chi connectivity index (χ0) is 25.3. The smallest absolute Gasteiger partial charge is 0.264 e. The number of ether oxygens (including phenoxy) is 3. The predicted molar refractivity (Wildman–Crippen MR) is 136 cm³/mol. The normalized spacial score (nSPS) is 16.4. The van der Waals surface area contributed by atoms with Crippen LogP contribution >= 0.6 is 0 Å². The second-order valence-corrected chi connectivity index (χ2v) is 10.5. The molecule has 36 heavy (non-hydrogen) atoms. The first-order valence-electron chi connectivity index (χ1n) is 11.9. The summed E-state index contributed by atoms with van der Waals surface area (Å²) in [7, 11) is -2.40. The highest BCUT2D eigenvalue weighted by Gasteiger charge is 2.33. The summed E-state index contributed by atoms with van der Waals surface area (Å²) in [5.41, 5.74) is 1.84. The Kier molecular flexibility index (Phi) is 6.49. The molecule has 0 saturated heterocycles. The van der Waals surface area contributed by atoms with Gasteiger partial charge in [-0.25, -0.2) is 8.42 Å². The summed E-state index contributed by atoms with van der Waals surface area (Å²) in [5, 5.41) is 0. The van der Waals surface area contributed by atoms with Crippen LogP contribution in [0.5, 0.6) is 17.2 Å². The molecule has 0 saturated carbocycles. The quantitative estimate of drug-likeness (QED) is 0.483. The molecule has 3 aromatic carbocycles. The molecule has 2 aliphatic rings. The van der Waals surface area contributed by atoms with Crippen molar-refractivity contribution in [3.8, 4) is 17.2 Å². The molecule has 5 rings (SSSR count). The highest BCUT2D eigenvalue weighted by Crippen LogP contribution is 2.35. The summed E-state index contributed by atoms with van der Waals surface area (Å²) in [4.78, 5) is 15.3. The lowest BCUT2D eigenvalue weighted by molar-refractivity contribution is 0.0473. The van der Waals surface area contributed by atoms with Crippen LogP contribution in [0.15, 0.2) is 71.6 Å². The largest absolute Gasteiger partial charge is 0.496 e. The van der Waals surface area contributed by atoms with E-state index in [1.165, 1.54) is 29.6 Å². The highest BCUT2D eigenvalue weighted by molar-refractivity contribution is 7.92. The summed E-state index contributed by atoms with van der Waals surface area (Å²) < 4.78 is 45.8. The first kappa shape index (κ1) is 24.0. The van der Waals surface area contributed by atoms with Gasteiger partial charge in [0.1, 0.15) is 12.4 Å². The third-order valence-corrected chi connectivity index (χ3v) is 8.30. The van der Waals surface area contributed by atoms with E-state index in [0.717, 1.165) is 5.56 Å². The van der Waals surface area contributed by atoms with Gasteiger partial charge in [-0.1, -0.05) is 30.3 Å². The maximum atomic E-state index is 13.6. The van der Waals surface area contributed by atoms with Gasteiger partial charge in [-0.15, -0.1) is 0 Å². The Bertz CT molecular complexity index is 1390. The van der Waals surface area contributed by atoms with Gasteiger partial charge in [0.2, 0.25) is 0 Å². The molecule has 0 radical (unpaired) electrons. The van der Waals surface area contributed by atoms with Crippen molar-refractivity contribution in [3.05, 3.63) is 77.9 Å². The molecule has 1 amide bonds. The Balaban J connectivity index is 1.41. The topological polar surface area (TPSA) is 85.4 Å². The second kappa shape index (κ2) is 9.73. The maximum absolute atomic E-state index is 13.6. The number of hydrogen-bond donors (Lipinski definition) is 0. The SMILES string of the molecule is CCN(C[C@H]1COc2ccccc2O1)C(=O)c1cc(S(=O)(=O)N2CCc3ccccc32)ccc1OC. The van der Waals surface area contributed by atoms with Crippen LogP contribution in [0.3, 0.4) is 0 Å². The number of sulfonamides is 1. The molecular weight excluding hydrogens is 480 g/mol. The van der Waals surface area contributed by atoms with Gasteiger partial charge in [0.25, 0.3) is 15.9 Å². The lowest BCUT2D eigenvalue weighted by atomic mass is 10.1. The van der Waals surface area contributed by atoms with Gasteiger partial charge in [0.15, 0.2) is 17.6 Å². The van der Waals surface area contributed by atoms with E-state index in [-0.39, 0.29) is 29.0 Å².